The number of benzene rings is 1. The van der Waals surface area contributed by atoms with Crippen LogP contribution >= 0.6 is 0 Å². The second-order valence-electron chi connectivity index (χ2n) is 5.98. The number of hydrogen-bond donors (Lipinski definition) is 0. The Balaban J connectivity index is 2.06. The zero-order valence-corrected chi connectivity index (χ0v) is 12.9. The number of quaternary nitrogens is 2. The van der Waals surface area contributed by atoms with Gasteiger partial charge in [0.05, 0.1) is 27.2 Å². The van der Waals surface area contributed by atoms with Crippen molar-refractivity contribution in [2.24, 2.45) is 0 Å². The average Bonchev–Trinajstić information content (AvgIpc) is 2.49. The van der Waals surface area contributed by atoms with E-state index in [-0.39, 0.29) is 0 Å². The van der Waals surface area contributed by atoms with E-state index in [2.05, 4.69) is 76.7 Å². The molecule has 20 heavy (non-hydrogen) atoms. The highest BCUT2D eigenvalue weighted by molar-refractivity contribution is 5.51. The van der Waals surface area contributed by atoms with Gasteiger partial charge in [-0.3, -0.25) is 8.97 Å². The minimum absolute atomic E-state index is 0.860. The summed E-state index contributed by atoms with van der Waals surface area (Å²) in [7, 11) is 4.48. The fraction of sp³-hybridized carbons (Fsp3) is 0.333. The molecule has 0 aliphatic carbocycles. The Hall–Kier alpha value is -1.64. The molecule has 1 aliphatic heterocycles. The van der Waals surface area contributed by atoms with Crippen LogP contribution in [0.15, 0.2) is 55.6 Å². The molecule has 0 N–H and O–H groups in total. The molecule has 106 valence electrons. The number of rotatable bonds is 5. The second kappa shape index (κ2) is 5.78. The van der Waals surface area contributed by atoms with Crippen LogP contribution in [0.25, 0.3) is 6.08 Å². The van der Waals surface area contributed by atoms with Crippen LogP contribution in [0, 0.1) is 0 Å². The summed E-state index contributed by atoms with van der Waals surface area (Å²) in [5, 5.41) is 0. The molecule has 1 aromatic carbocycles. The molecule has 2 rings (SSSR count). The maximum Gasteiger partial charge on any atom is 0.155 e. The van der Waals surface area contributed by atoms with Crippen molar-refractivity contribution in [2.75, 3.05) is 27.2 Å². The third kappa shape index (κ3) is 3.27. The Labute approximate surface area is 123 Å². The van der Waals surface area contributed by atoms with Crippen molar-refractivity contribution in [2.45, 2.75) is 13.3 Å². The molecule has 1 aromatic rings. The van der Waals surface area contributed by atoms with Crippen molar-refractivity contribution < 1.29 is 8.97 Å². The smallest absolute Gasteiger partial charge is 0.155 e. The first-order valence-corrected chi connectivity index (χ1v) is 7.31. The van der Waals surface area contributed by atoms with Crippen molar-refractivity contribution in [3.8, 4) is 0 Å². The summed E-state index contributed by atoms with van der Waals surface area (Å²) in [5.41, 5.74) is 2.63. The third-order valence-electron chi connectivity index (χ3n) is 4.31. The first-order valence-electron chi connectivity index (χ1n) is 7.31. The highest BCUT2D eigenvalue weighted by atomic mass is 15.4. The zero-order valence-electron chi connectivity index (χ0n) is 12.9. The largest absolute Gasteiger partial charge is 0.265 e. The molecule has 0 amide bonds. The van der Waals surface area contributed by atoms with Crippen molar-refractivity contribution in [1.82, 2.24) is 0 Å². The third-order valence-corrected chi connectivity index (χ3v) is 4.31. The van der Waals surface area contributed by atoms with Gasteiger partial charge in [-0.05, 0) is 18.1 Å². The summed E-state index contributed by atoms with van der Waals surface area (Å²) in [5.74, 6) is 0. The van der Waals surface area contributed by atoms with Gasteiger partial charge in [0.15, 0.2) is 24.8 Å². The first kappa shape index (κ1) is 14.8. The molecule has 0 bridgehead atoms. The summed E-state index contributed by atoms with van der Waals surface area (Å²) in [6, 6.07) is 8.51. The molecule has 0 radical (unpaired) electrons. The van der Waals surface area contributed by atoms with Crippen LogP contribution in [-0.2, 0) is 6.42 Å². The van der Waals surface area contributed by atoms with Crippen LogP contribution < -0.4 is 0 Å². The first-order chi connectivity index (χ1) is 9.50. The number of nitrogens with zero attached hydrogens (tertiary/aromatic N) is 2. The van der Waals surface area contributed by atoms with Gasteiger partial charge in [-0.15, -0.1) is 0 Å². The predicted octanol–water partition coefficient (Wildman–Crippen LogP) is 3.74. The normalized spacial score (nSPS) is 28.6. The molecular formula is C18H26N2+2. The molecule has 0 saturated heterocycles. The molecule has 0 spiro atoms. The van der Waals surface area contributed by atoms with Crippen molar-refractivity contribution in [1.29, 1.82) is 0 Å². The summed E-state index contributed by atoms with van der Waals surface area (Å²) in [6.45, 7) is 8.27. The minimum Gasteiger partial charge on any atom is -0.265 e. The lowest BCUT2D eigenvalue weighted by Gasteiger charge is -2.33. The summed E-state index contributed by atoms with van der Waals surface area (Å²) in [6.07, 6.45) is 12.2. The van der Waals surface area contributed by atoms with Crippen LogP contribution in [0.1, 0.15) is 18.1 Å². The molecule has 0 unspecified atom stereocenters. The minimum atomic E-state index is 0.860. The molecule has 1 aliphatic rings. The molecule has 0 fully saturated rings. The van der Waals surface area contributed by atoms with Gasteiger partial charge in [0.25, 0.3) is 0 Å². The average molecular weight is 270 g/mol. The van der Waals surface area contributed by atoms with Gasteiger partial charge >= 0.3 is 0 Å². The van der Waals surface area contributed by atoms with Gasteiger partial charge in [-0.2, -0.15) is 0 Å². The van der Waals surface area contributed by atoms with Gasteiger partial charge in [-0.25, -0.2) is 0 Å². The van der Waals surface area contributed by atoms with E-state index in [1.54, 1.807) is 0 Å². The monoisotopic (exact) mass is 270 g/mol. The lowest BCUT2D eigenvalue weighted by molar-refractivity contribution is -0.863. The van der Waals surface area contributed by atoms with Gasteiger partial charge in [0, 0.05) is 6.42 Å². The van der Waals surface area contributed by atoms with E-state index < -0.39 is 0 Å². The van der Waals surface area contributed by atoms with E-state index in [9.17, 15) is 0 Å². The number of likely N-dealkylation sites (N-methyl/N-ethyl adjacent to an activating group) is 1. The van der Waals surface area contributed by atoms with Crippen LogP contribution in [0.3, 0.4) is 0 Å². The van der Waals surface area contributed by atoms with E-state index in [4.69, 9.17) is 0 Å². The molecule has 0 saturated carbocycles. The number of hydrogen-bond acceptors (Lipinski definition) is 0. The van der Waals surface area contributed by atoms with Gasteiger partial charge < -0.3 is 0 Å². The second-order valence-corrected chi connectivity index (χ2v) is 5.98. The van der Waals surface area contributed by atoms with Gasteiger partial charge in [-0.1, -0.05) is 36.9 Å². The Morgan fingerprint density at radius 1 is 1.00 bits per heavy atom. The van der Waals surface area contributed by atoms with Crippen LogP contribution in [0.4, 0.5) is 0 Å². The fourth-order valence-corrected chi connectivity index (χ4v) is 2.39. The van der Waals surface area contributed by atoms with Crippen molar-refractivity contribution in [3.63, 3.8) is 0 Å². The molecule has 0 atom stereocenters. The van der Waals surface area contributed by atoms with E-state index in [1.807, 2.05) is 6.08 Å². The van der Waals surface area contributed by atoms with Crippen LogP contribution in [-0.4, -0.2) is 36.2 Å². The van der Waals surface area contributed by atoms with E-state index in [1.165, 1.54) is 11.1 Å². The lowest BCUT2D eigenvalue weighted by atomic mass is 10.0. The maximum absolute atomic E-state index is 3.90. The summed E-state index contributed by atoms with van der Waals surface area (Å²) >= 11 is 0. The Morgan fingerprint density at radius 3 is 2.20 bits per heavy atom. The van der Waals surface area contributed by atoms with Crippen LogP contribution in [0.5, 0.6) is 0 Å². The molecule has 1 heterocycles. The molecular weight excluding hydrogens is 244 g/mol. The predicted molar refractivity (Wildman–Crippen MR) is 86.3 cm³/mol. The fourth-order valence-electron chi connectivity index (χ4n) is 2.39. The summed E-state index contributed by atoms with van der Waals surface area (Å²) in [4.78, 5) is 0. The van der Waals surface area contributed by atoms with E-state index in [0.717, 1.165) is 28.5 Å². The topological polar surface area (TPSA) is 0 Å². The SMILES string of the molecule is C=Cc1ccccc1CC[N+]1(C)C=C[N+](C)(CC)C=C1. The quantitative estimate of drug-likeness (QED) is 0.715. The Bertz CT molecular complexity index is 526. The van der Waals surface area contributed by atoms with E-state index >= 15 is 0 Å². The van der Waals surface area contributed by atoms with Crippen molar-refractivity contribution in [3.05, 3.63) is 66.8 Å². The molecule has 0 aromatic heterocycles. The molecule has 2 heteroatoms. The highest BCUT2D eigenvalue weighted by Crippen LogP contribution is 2.20. The van der Waals surface area contributed by atoms with Gasteiger partial charge in [0.1, 0.15) is 0 Å². The van der Waals surface area contributed by atoms with Gasteiger partial charge in [0.2, 0.25) is 0 Å². The lowest BCUT2D eigenvalue weighted by Crippen LogP contribution is -2.43. The van der Waals surface area contributed by atoms with Crippen LogP contribution in [0.2, 0.25) is 0 Å². The molecule has 2 nitrogen and oxygen atoms in total. The Kier molecular flexibility index (Phi) is 4.26. The van der Waals surface area contributed by atoms with Crippen molar-refractivity contribution >= 4 is 6.08 Å². The zero-order chi connectivity index (χ0) is 14.6. The Morgan fingerprint density at radius 2 is 1.60 bits per heavy atom. The highest BCUT2D eigenvalue weighted by Gasteiger charge is 2.26. The standard InChI is InChI=1S/C18H26N2/c1-5-17-9-7-8-10-18(17)11-12-20(4)15-13-19(3,6-2)14-16-20/h5,7-10,13-16H,1,6,11-12H2,2-4H3/q+2. The summed E-state index contributed by atoms with van der Waals surface area (Å²) < 4.78 is 1.75. The maximum atomic E-state index is 3.90. The van der Waals surface area contributed by atoms with E-state index in [0.29, 0.717) is 0 Å².